The molecular weight excluding hydrogens is 334 g/mol. The lowest BCUT2D eigenvalue weighted by atomic mass is 9.86. The van der Waals surface area contributed by atoms with Crippen molar-refractivity contribution < 1.29 is 27.9 Å². The van der Waals surface area contributed by atoms with E-state index in [2.05, 4.69) is 15.4 Å². The molecule has 1 aliphatic carbocycles. The first-order valence-electron chi connectivity index (χ1n) is 8.08. The van der Waals surface area contributed by atoms with Crippen LogP contribution in [0.5, 0.6) is 0 Å². The molecule has 136 valence electrons. The molecule has 0 heterocycles. The topological polar surface area (TPSA) is 84.5 Å². The average Bonchev–Trinajstić information content (AvgIpc) is 2.53. The fourth-order valence-corrected chi connectivity index (χ4v) is 2.78. The van der Waals surface area contributed by atoms with E-state index in [4.69, 9.17) is 0 Å². The van der Waals surface area contributed by atoms with Crippen molar-refractivity contribution in [2.45, 2.75) is 38.6 Å². The smallest absolute Gasteiger partial charge is 0.338 e. The van der Waals surface area contributed by atoms with Crippen molar-refractivity contribution in [3.63, 3.8) is 0 Å². The Morgan fingerprint density at radius 2 is 1.76 bits per heavy atom. The molecular formula is C17H20F2N2O4. The van der Waals surface area contributed by atoms with E-state index in [9.17, 15) is 23.2 Å². The second-order valence-corrected chi connectivity index (χ2v) is 6.12. The molecule has 0 radical (unpaired) electrons. The largest absolute Gasteiger partial charge is 0.452 e. The molecule has 0 spiro atoms. The number of ether oxygens (including phenoxy) is 1. The number of benzene rings is 1. The van der Waals surface area contributed by atoms with Crippen molar-refractivity contribution in [3.05, 3.63) is 35.4 Å². The van der Waals surface area contributed by atoms with Crippen LogP contribution < -0.4 is 10.6 Å². The number of imide groups is 1. The van der Waals surface area contributed by atoms with Gasteiger partial charge in [-0.3, -0.25) is 10.1 Å². The van der Waals surface area contributed by atoms with Crippen LogP contribution >= 0.6 is 0 Å². The summed E-state index contributed by atoms with van der Waals surface area (Å²) < 4.78 is 30.7. The number of nitrogens with one attached hydrogen (secondary N) is 2. The zero-order valence-electron chi connectivity index (χ0n) is 13.8. The van der Waals surface area contributed by atoms with E-state index >= 15 is 0 Å². The maximum atomic E-state index is 13.0. The fraction of sp³-hybridized carbons (Fsp3) is 0.471. The van der Waals surface area contributed by atoms with Gasteiger partial charge in [-0.25, -0.2) is 18.4 Å². The Kier molecular flexibility index (Phi) is 6.44. The van der Waals surface area contributed by atoms with Crippen molar-refractivity contribution in [2.24, 2.45) is 5.92 Å². The Labute approximate surface area is 143 Å². The first-order chi connectivity index (χ1) is 11.8. The van der Waals surface area contributed by atoms with Gasteiger partial charge in [0.05, 0.1) is 5.56 Å². The summed E-state index contributed by atoms with van der Waals surface area (Å²) in [5, 5.41) is 4.79. The van der Waals surface area contributed by atoms with Crippen LogP contribution in [-0.4, -0.2) is 30.6 Å². The molecule has 1 saturated carbocycles. The Hall–Kier alpha value is -2.51. The van der Waals surface area contributed by atoms with Gasteiger partial charge >= 0.3 is 12.0 Å². The van der Waals surface area contributed by atoms with Gasteiger partial charge in [-0.15, -0.1) is 0 Å². The third kappa shape index (κ3) is 5.81. The summed E-state index contributed by atoms with van der Waals surface area (Å²) in [6.45, 7) is 1.30. The molecule has 0 bridgehead atoms. The molecule has 0 saturated heterocycles. The van der Waals surface area contributed by atoms with Crippen molar-refractivity contribution in [2.75, 3.05) is 6.61 Å². The Morgan fingerprint density at radius 3 is 2.40 bits per heavy atom. The fourth-order valence-electron chi connectivity index (χ4n) is 2.78. The number of urea groups is 1. The zero-order chi connectivity index (χ0) is 18.4. The highest BCUT2D eigenvalue weighted by Gasteiger charge is 2.23. The first-order valence-corrected chi connectivity index (χ1v) is 8.08. The van der Waals surface area contributed by atoms with Crippen LogP contribution in [0.25, 0.3) is 0 Å². The maximum Gasteiger partial charge on any atom is 0.338 e. The molecule has 0 unspecified atom stereocenters. The number of halogens is 2. The summed E-state index contributed by atoms with van der Waals surface area (Å²) in [5.41, 5.74) is -0.356. The number of esters is 1. The highest BCUT2D eigenvalue weighted by atomic mass is 19.1. The second-order valence-electron chi connectivity index (χ2n) is 6.12. The number of hydrogen-bond donors (Lipinski definition) is 2. The Bertz CT molecular complexity index is 646. The van der Waals surface area contributed by atoms with E-state index in [1.165, 1.54) is 0 Å². The number of rotatable bonds is 4. The van der Waals surface area contributed by atoms with Crippen LogP contribution in [0.1, 0.15) is 43.0 Å². The van der Waals surface area contributed by atoms with Crippen molar-refractivity contribution in [3.8, 4) is 0 Å². The molecule has 2 atom stereocenters. The predicted octanol–water partition coefficient (Wildman–Crippen LogP) is 2.53. The summed E-state index contributed by atoms with van der Waals surface area (Å²) in [4.78, 5) is 35.1. The van der Waals surface area contributed by atoms with Crippen molar-refractivity contribution in [1.82, 2.24) is 10.6 Å². The third-order valence-corrected chi connectivity index (χ3v) is 4.11. The molecule has 0 aromatic heterocycles. The van der Waals surface area contributed by atoms with Gasteiger partial charge in [0.2, 0.25) is 0 Å². The predicted molar refractivity (Wildman–Crippen MR) is 84.7 cm³/mol. The summed E-state index contributed by atoms with van der Waals surface area (Å²) in [6, 6.07) is 1.54. The van der Waals surface area contributed by atoms with Crippen LogP contribution in [-0.2, 0) is 9.53 Å². The van der Waals surface area contributed by atoms with Gasteiger partial charge < -0.3 is 10.1 Å². The summed E-state index contributed by atoms with van der Waals surface area (Å²) >= 11 is 0. The number of amides is 3. The van der Waals surface area contributed by atoms with Gasteiger partial charge in [-0.05, 0) is 30.9 Å². The van der Waals surface area contributed by atoms with Gasteiger partial charge in [0.15, 0.2) is 6.61 Å². The lowest BCUT2D eigenvalue weighted by Gasteiger charge is -2.29. The molecule has 25 heavy (non-hydrogen) atoms. The monoisotopic (exact) mass is 354 g/mol. The molecule has 6 nitrogen and oxygen atoms in total. The van der Waals surface area contributed by atoms with Gasteiger partial charge in [-0.2, -0.15) is 0 Å². The number of carbonyl (C=O) groups is 3. The highest BCUT2D eigenvalue weighted by Crippen LogP contribution is 2.23. The summed E-state index contributed by atoms with van der Waals surface area (Å²) in [5.74, 6) is -3.42. The van der Waals surface area contributed by atoms with E-state index in [0.717, 1.165) is 37.8 Å². The Morgan fingerprint density at radius 1 is 1.12 bits per heavy atom. The lowest BCUT2D eigenvalue weighted by molar-refractivity contribution is -0.123. The quantitative estimate of drug-likeness (QED) is 0.814. The molecule has 1 aromatic carbocycles. The maximum absolute atomic E-state index is 13.0. The molecule has 1 aliphatic rings. The third-order valence-electron chi connectivity index (χ3n) is 4.11. The number of hydrogen-bond acceptors (Lipinski definition) is 4. The van der Waals surface area contributed by atoms with Crippen LogP contribution in [0.2, 0.25) is 0 Å². The lowest BCUT2D eigenvalue weighted by Crippen LogP contribution is -2.48. The standard InChI is InChI=1S/C17H20F2N2O4/c1-10-4-2-3-5-14(10)20-17(24)21-15(22)9-25-16(23)11-6-12(18)8-13(19)7-11/h6-8,10,14H,2-5,9H2,1H3,(H2,20,21,22,24)/t10-,14-/m0/s1. The van der Waals surface area contributed by atoms with Crippen LogP contribution in [0.4, 0.5) is 13.6 Å². The molecule has 3 amide bonds. The van der Waals surface area contributed by atoms with Crippen molar-refractivity contribution >= 4 is 17.9 Å². The summed E-state index contributed by atoms with van der Waals surface area (Å²) in [6.07, 6.45) is 4.01. The second kappa shape index (κ2) is 8.55. The van der Waals surface area contributed by atoms with Crippen LogP contribution in [0.3, 0.4) is 0 Å². The van der Waals surface area contributed by atoms with E-state index in [0.29, 0.717) is 12.0 Å². The zero-order valence-corrected chi connectivity index (χ0v) is 13.8. The van der Waals surface area contributed by atoms with Gasteiger partial charge in [0, 0.05) is 12.1 Å². The molecule has 0 aliphatic heterocycles. The SMILES string of the molecule is C[C@H]1CCCC[C@@H]1NC(=O)NC(=O)COC(=O)c1cc(F)cc(F)c1. The minimum Gasteiger partial charge on any atom is -0.452 e. The summed E-state index contributed by atoms with van der Waals surface area (Å²) in [7, 11) is 0. The van der Waals surface area contributed by atoms with E-state index < -0.39 is 36.1 Å². The molecule has 8 heteroatoms. The van der Waals surface area contributed by atoms with Gasteiger partial charge in [-0.1, -0.05) is 19.8 Å². The molecule has 1 fully saturated rings. The molecule has 1 aromatic rings. The minimum absolute atomic E-state index is 0.000584. The first kappa shape index (κ1) is 18.8. The van der Waals surface area contributed by atoms with Crippen LogP contribution in [0.15, 0.2) is 18.2 Å². The molecule has 2 N–H and O–H groups in total. The van der Waals surface area contributed by atoms with Gasteiger partial charge in [0.1, 0.15) is 11.6 Å². The number of carbonyl (C=O) groups excluding carboxylic acids is 3. The van der Waals surface area contributed by atoms with Crippen molar-refractivity contribution in [1.29, 1.82) is 0 Å². The van der Waals surface area contributed by atoms with Crippen LogP contribution in [0, 0.1) is 17.6 Å². The van der Waals surface area contributed by atoms with E-state index in [1.54, 1.807) is 0 Å². The normalized spacial score (nSPS) is 19.8. The minimum atomic E-state index is -1.06. The van der Waals surface area contributed by atoms with Gasteiger partial charge in [0.25, 0.3) is 5.91 Å². The van der Waals surface area contributed by atoms with E-state index in [-0.39, 0.29) is 11.6 Å². The highest BCUT2D eigenvalue weighted by molar-refractivity contribution is 5.97. The Balaban J connectivity index is 1.77. The molecule has 2 rings (SSSR count). The van der Waals surface area contributed by atoms with E-state index in [1.807, 2.05) is 6.92 Å². The average molecular weight is 354 g/mol.